The minimum Gasteiger partial charge on any atom is -0.361 e. The number of benzene rings is 2. The van der Waals surface area contributed by atoms with Crippen LogP contribution in [0.2, 0.25) is 0 Å². The molecule has 13 rings (SSSR count). The van der Waals surface area contributed by atoms with Gasteiger partial charge in [0, 0.05) is 113 Å². The van der Waals surface area contributed by atoms with Gasteiger partial charge in [-0.25, -0.2) is 18.7 Å². The average Bonchev–Trinajstić information content (AvgIpc) is 1.65. The molecule has 0 aliphatic rings. The molecular formula is C103H158N24O10. The van der Waals surface area contributed by atoms with E-state index in [-0.39, 0.29) is 94.9 Å². The van der Waals surface area contributed by atoms with Gasteiger partial charge in [0.15, 0.2) is 28.9 Å². The van der Waals surface area contributed by atoms with Crippen molar-refractivity contribution in [1.82, 2.24) is 120 Å². The van der Waals surface area contributed by atoms with Crippen molar-refractivity contribution in [2.24, 2.45) is 0 Å². The number of aryl methyl sites for hydroxylation is 6. The maximum atomic E-state index is 10.9. The van der Waals surface area contributed by atoms with E-state index in [2.05, 4.69) is 275 Å². The van der Waals surface area contributed by atoms with E-state index >= 15 is 0 Å². The van der Waals surface area contributed by atoms with E-state index in [0.29, 0.717) is 24.5 Å². The number of aromatic nitrogens is 24. The molecule has 750 valence electrons. The van der Waals surface area contributed by atoms with Crippen molar-refractivity contribution in [3.05, 3.63) is 207 Å². The van der Waals surface area contributed by atoms with Crippen LogP contribution in [0.1, 0.15) is 380 Å². The molecule has 34 nitrogen and oxygen atoms in total. The first kappa shape index (κ1) is 119. The fraction of sp³-hybridized carbons (Fsp3) is 0.563. The minimum atomic E-state index is -0.113. The summed E-state index contributed by atoms with van der Waals surface area (Å²) in [6, 6.07) is 26.3. The van der Waals surface area contributed by atoms with Crippen LogP contribution < -0.4 is 0 Å². The molecule has 11 aromatic heterocycles. The Morgan fingerprint density at radius 1 is 0.328 bits per heavy atom. The SMILES string of the molecule is CC(=O)Cn1cc(C(C)(C)C)nn1.CC(=O)Cn1cc(C(C)(C)C)nn1.CC(=O)c1cn(C(C)(C)C)nn1.CC(=O)c1cn(C(C)(C)C)nn1.CC(=O)n1cc(C(C)(C)C)nn1.CC(=O)n1cc(C(C)(C)C)nn1.Cc1cc(C(C)(C)C)no1.Cc1cc(C(C)(C)C)on1.Cc1cc(C)n(C(C)(C)C)n1.Cc1noc(-c2ccccc2)c1C(C)(C)C.Cc1onc(-c2ccccc2)c1C(C)(C)C. The Kier molecular flexibility index (Phi) is 42.3. The number of carbonyl (C=O) groups is 6. The topological polar surface area (TPSA) is 409 Å². The van der Waals surface area contributed by atoms with Crippen molar-refractivity contribution in [1.29, 1.82) is 0 Å². The van der Waals surface area contributed by atoms with E-state index in [1.165, 1.54) is 53.9 Å². The Bertz CT molecular complexity index is 5470. The van der Waals surface area contributed by atoms with Gasteiger partial charge < -0.3 is 18.1 Å². The first-order valence-electron chi connectivity index (χ1n) is 45.8. The van der Waals surface area contributed by atoms with Crippen LogP contribution in [0.5, 0.6) is 0 Å². The van der Waals surface area contributed by atoms with Gasteiger partial charge in [0.1, 0.15) is 47.5 Å². The van der Waals surface area contributed by atoms with Gasteiger partial charge >= 0.3 is 0 Å². The molecule has 2 aromatic carbocycles. The molecule has 0 spiro atoms. The van der Waals surface area contributed by atoms with E-state index in [1.807, 2.05) is 179 Å². The number of ketones is 4. The third kappa shape index (κ3) is 40.7. The summed E-state index contributed by atoms with van der Waals surface area (Å²) in [5.74, 6) is 3.48. The van der Waals surface area contributed by atoms with Crippen LogP contribution >= 0.6 is 0 Å². The predicted octanol–water partition coefficient (Wildman–Crippen LogP) is 22.0. The Balaban J connectivity index is 0.000000389. The third-order valence-electron chi connectivity index (χ3n) is 19.4. The highest BCUT2D eigenvalue weighted by Crippen LogP contribution is 2.37. The van der Waals surface area contributed by atoms with Gasteiger partial charge in [-0.05, 0) is 135 Å². The summed E-state index contributed by atoms with van der Waals surface area (Å²) < 4.78 is 31.9. The number of hydrogen-bond donors (Lipinski definition) is 0. The lowest BCUT2D eigenvalue weighted by Crippen LogP contribution is -2.24. The quantitative estimate of drug-likeness (QED) is 0.127. The van der Waals surface area contributed by atoms with Crippen LogP contribution in [-0.4, -0.2) is 155 Å². The van der Waals surface area contributed by atoms with Crippen LogP contribution in [0.3, 0.4) is 0 Å². The van der Waals surface area contributed by atoms with E-state index < -0.39 is 0 Å². The van der Waals surface area contributed by atoms with Crippen molar-refractivity contribution >= 4 is 34.9 Å². The molecule has 0 radical (unpaired) electrons. The monoisotopic (exact) mass is 1890 g/mol. The molecule has 0 aliphatic heterocycles. The standard InChI is InChI=1S/2C14H17NO.2C9H15N3O.C9H16N2.4C8H13N3O.2C8H13NO/c1-10-12(14(2,3)4)13(15-16-10)11-8-6-5-7-9-11;1-10-12(14(2,3)4)13(16-15-10)11-8-6-5-7-9-11;2*1-7(13)5-12-6-8(10-11-12)9(2,3)4;1-7-6-8(2)11(10-7)9(3,4)5;2*1-6(12)11-5-7(9-10-11)8(2,3)4;2*1-6(12)7-5-11(10-9-7)8(2,3)4;1-6-5-7(9-10-6)8(2,3)4;1-6-5-7(10-9-6)8(2,3)4/h2*5-9H,1-4H3;2*6H,5H2,1-4H3;6H,1-5H3;4*5H,1-4H3;2*5H,1-4H3. The molecule has 0 aliphatic carbocycles. The minimum absolute atomic E-state index is 0.00492. The second-order valence-electron chi connectivity index (χ2n) is 45.0. The van der Waals surface area contributed by atoms with E-state index in [1.54, 1.807) is 57.4 Å². The summed E-state index contributed by atoms with van der Waals surface area (Å²) in [5.41, 5.74) is 15.2. The number of hydrogen-bond acceptors (Lipinski definition) is 27. The second-order valence-corrected chi connectivity index (χ2v) is 45.0. The van der Waals surface area contributed by atoms with Crippen LogP contribution in [0.25, 0.3) is 22.6 Å². The van der Waals surface area contributed by atoms with Gasteiger partial charge in [0.2, 0.25) is 11.8 Å². The average molecular weight is 1890 g/mol. The Morgan fingerprint density at radius 2 is 0.708 bits per heavy atom. The van der Waals surface area contributed by atoms with Crippen molar-refractivity contribution in [2.45, 2.75) is 385 Å². The van der Waals surface area contributed by atoms with E-state index in [9.17, 15) is 28.8 Å². The van der Waals surface area contributed by atoms with E-state index in [4.69, 9.17) is 18.1 Å². The zero-order valence-electron chi connectivity index (χ0n) is 90.7. The molecule has 0 unspecified atom stereocenters. The Morgan fingerprint density at radius 3 is 0.949 bits per heavy atom. The lowest BCUT2D eigenvalue weighted by Gasteiger charge is -2.21. The Labute approximate surface area is 812 Å². The van der Waals surface area contributed by atoms with Crippen molar-refractivity contribution in [3.63, 3.8) is 0 Å². The molecule has 0 fully saturated rings. The second kappa shape index (κ2) is 48.9. The maximum absolute atomic E-state index is 10.9. The molecular weight excluding hydrogens is 1730 g/mol. The first-order valence-corrected chi connectivity index (χ1v) is 45.8. The summed E-state index contributed by atoms with van der Waals surface area (Å²) in [6.45, 7) is 90.3. The smallest absolute Gasteiger partial charge is 0.245 e. The zero-order chi connectivity index (χ0) is 105. The van der Waals surface area contributed by atoms with Gasteiger partial charge in [-0.15, -0.1) is 30.6 Å². The molecule has 11 heterocycles. The van der Waals surface area contributed by atoms with Crippen LogP contribution in [0.15, 0.2) is 134 Å². The molecule has 0 saturated heterocycles. The summed E-state index contributed by atoms with van der Waals surface area (Å²) in [6.07, 6.45) is 10.3. The number of Topliss-reactive ketones (excluding diaryl/α,β-unsaturated/α-hetero) is 4. The summed E-state index contributed by atoms with van der Waals surface area (Å²) in [4.78, 5) is 65.0. The summed E-state index contributed by atoms with van der Waals surface area (Å²) in [7, 11) is 0. The van der Waals surface area contributed by atoms with Crippen LogP contribution in [-0.2, 0) is 82.6 Å². The van der Waals surface area contributed by atoms with Crippen molar-refractivity contribution < 1.29 is 46.9 Å². The van der Waals surface area contributed by atoms with Gasteiger partial charge in [0.05, 0.1) is 87.0 Å². The lowest BCUT2D eigenvalue weighted by molar-refractivity contribution is -0.118. The predicted molar refractivity (Wildman–Crippen MR) is 536 cm³/mol. The van der Waals surface area contributed by atoms with Gasteiger partial charge in [-0.3, -0.25) is 33.4 Å². The van der Waals surface area contributed by atoms with Crippen molar-refractivity contribution in [2.75, 3.05) is 0 Å². The maximum Gasteiger partial charge on any atom is 0.245 e. The van der Waals surface area contributed by atoms with Crippen molar-refractivity contribution in [3.8, 4) is 22.6 Å². The molecule has 13 aromatic rings. The highest BCUT2D eigenvalue weighted by molar-refractivity contribution is 5.92. The highest BCUT2D eigenvalue weighted by atomic mass is 16.5. The fourth-order valence-electron chi connectivity index (χ4n) is 11.8. The first-order chi connectivity index (χ1) is 62.3. The fourth-order valence-corrected chi connectivity index (χ4v) is 11.8. The third-order valence-corrected chi connectivity index (χ3v) is 19.4. The number of rotatable bonds is 8. The van der Waals surface area contributed by atoms with Crippen LogP contribution in [0.4, 0.5) is 0 Å². The normalized spacial score (nSPS) is 11.8. The lowest BCUT2D eigenvalue weighted by atomic mass is 9.84. The number of carbonyl (C=O) groups excluding carboxylic acids is 6. The molecule has 34 heteroatoms. The number of nitrogens with zero attached hydrogens (tertiary/aromatic N) is 24. The highest BCUT2D eigenvalue weighted by Gasteiger charge is 2.30. The zero-order valence-corrected chi connectivity index (χ0v) is 90.7. The molecule has 0 atom stereocenters. The molecule has 0 saturated carbocycles. The molecule has 0 amide bonds. The molecule has 0 N–H and O–H groups in total. The molecule has 137 heavy (non-hydrogen) atoms. The van der Waals surface area contributed by atoms with Crippen LogP contribution in [0, 0.1) is 41.5 Å². The van der Waals surface area contributed by atoms with Gasteiger partial charge in [-0.2, -0.15) is 14.5 Å². The summed E-state index contributed by atoms with van der Waals surface area (Å²) in [5, 5.41) is 66.5. The largest absolute Gasteiger partial charge is 0.361 e. The van der Waals surface area contributed by atoms with Gasteiger partial charge in [-0.1, -0.05) is 279 Å². The molecule has 0 bridgehead atoms. The Hall–Kier alpha value is -12.7. The van der Waals surface area contributed by atoms with Gasteiger partial charge in [0.25, 0.3) is 0 Å². The van der Waals surface area contributed by atoms with E-state index in [0.717, 1.165) is 85.4 Å². The summed E-state index contributed by atoms with van der Waals surface area (Å²) >= 11 is 0.